The second kappa shape index (κ2) is 5.76. The summed E-state index contributed by atoms with van der Waals surface area (Å²) in [5.41, 5.74) is 0.516. The maximum Gasteiger partial charge on any atom is 0.260 e. The van der Waals surface area contributed by atoms with Crippen molar-refractivity contribution in [2.75, 3.05) is 24.6 Å². The summed E-state index contributed by atoms with van der Waals surface area (Å²) < 4.78 is 48.9. The fourth-order valence-electron chi connectivity index (χ4n) is 1.95. The van der Waals surface area contributed by atoms with Crippen LogP contribution in [0.2, 0.25) is 0 Å². The van der Waals surface area contributed by atoms with Gasteiger partial charge in [-0.1, -0.05) is 6.07 Å². The van der Waals surface area contributed by atoms with E-state index in [2.05, 4.69) is 4.98 Å². The van der Waals surface area contributed by atoms with Crippen LogP contribution in [0.15, 0.2) is 23.4 Å². The van der Waals surface area contributed by atoms with Crippen molar-refractivity contribution >= 4 is 19.9 Å². The molecule has 7 nitrogen and oxygen atoms in total. The lowest BCUT2D eigenvalue weighted by molar-refractivity contribution is 0.281. The van der Waals surface area contributed by atoms with Crippen molar-refractivity contribution in [1.29, 1.82) is 0 Å². The smallest absolute Gasteiger partial charge is 0.260 e. The summed E-state index contributed by atoms with van der Waals surface area (Å²) in [7, 11) is -6.95. The molecule has 0 spiro atoms. The summed E-state index contributed by atoms with van der Waals surface area (Å²) >= 11 is 0. The van der Waals surface area contributed by atoms with Gasteiger partial charge in [-0.2, -0.15) is 4.31 Å². The number of hydrogen-bond acceptors (Lipinski definition) is 6. The summed E-state index contributed by atoms with van der Waals surface area (Å²) in [6, 6.07) is 2.80. The molecular formula is C11H16N2O5S2. The van der Waals surface area contributed by atoms with Gasteiger partial charge in [0.1, 0.15) is 0 Å². The number of sulfone groups is 1. The van der Waals surface area contributed by atoms with Gasteiger partial charge >= 0.3 is 0 Å². The highest BCUT2D eigenvalue weighted by Crippen LogP contribution is 2.16. The van der Waals surface area contributed by atoms with Crippen molar-refractivity contribution in [3.8, 4) is 0 Å². The molecule has 0 amide bonds. The number of hydrogen-bond donors (Lipinski definition) is 1. The second-order valence-corrected chi connectivity index (χ2v) is 8.76. The molecule has 9 heteroatoms. The van der Waals surface area contributed by atoms with E-state index in [0.717, 1.165) is 4.31 Å². The highest BCUT2D eigenvalue weighted by molar-refractivity contribution is 7.91. The molecule has 1 aromatic heterocycles. The Morgan fingerprint density at radius 3 is 2.60 bits per heavy atom. The molecule has 1 aromatic rings. The summed E-state index contributed by atoms with van der Waals surface area (Å²) in [6.07, 6.45) is 1.58. The minimum Gasteiger partial charge on any atom is -0.392 e. The van der Waals surface area contributed by atoms with Crippen LogP contribution in [0.3, 0.4) is 0 Å². The maximum absolute atomic E-state index is 12.4. The van der Waals surface area contributed by atoms with Crippen LogP contribution in [0.1, 0.15) is 12.0 Å². The van der Waals surface area contributed by atoms with Crippen molar-refractivity contribution in [2.24, 2.45) is 0 Å². The third-order valence-corrected chi connectivity index (χ3v) is 6.63. The Hall–Kier alpha value is -1.03. The first-order valence-corrected chi connectivity index (χ1v) is 9.38. The molecule has 2 rings (SSSR count). The van der Waals surface area contributed by atoms with E-state index in [1.807, 2.05) is 0 Å². The average molecular weight is 320 g/mol. The minimum absolute atomic E-state index is 0.00982. The number of aromatic nitrogens is 1. The molecule has 1 aliphatic heterocycles. The standard InChI is InChI=1S/C11H16N2O5S2/c14-9-10-2-3-11(12-8-10)20(17,18)13-4-1-6-19(15,16)7-5-13/h2-3,8,14H,1,4-7,9H2. The maximum atomic E-state index is 12.4. The van der Waals surface area contributed by atoms with Gasteiger partial charge in [0.15, 0.2) is 14.9 Å². The van der Waals surface area contributed by atoms with Crippen LogP contribution in [-0.4, -0.2) is 55.8 Å². The number of aliphatic hydroxyl groups is 1. The van der Waals surface area contributed by atoms with Gasteiger partial charge in [0.05, 0.1) is 18.1 Å². The number of sulfonamides is 1. The SMILES string of the molecule is O=S1(=O)CCCN(S(=O)(=O)c2ccc(CO)cn2)CC1. The average Bonchev–Trinajstić information content (AvgIpc) is 2.60. The van der Waals surface area contributed by atoms with Crippen molar-refractivity contribution in [1.82, 2.24) is 9.29 Å². The van der Waals surface area contributed by atoms with Gasteiger partial charge in [-0.15, -0.1) is 0 Å². The molecule has 1 fully saturated rings. The summed E-state index contributed by atoms with van der Waals surface area (Å²) in [4.78, 5) is 3.82. The molecule has 0 aromatic carbocycles. The van der Waals surface area contributed by atoms with Crippen molar-refractivity contribution in [3.05, 3.63) is 23.9 Å². The quantitative estimate of drug-likeness (QED) is 0.796. The van der Waals surface area contributed by atoms with E-state index in [0.29, 0.717) is 5.56 Å². The third kappa shape index (κ3) is 3.35. The Kier molecular flexibility index (Phi) is 4.43. The molecule has 0 radical (unpaired) electrons. The van der Waals surface area contributed by atoms with Gasteiger partial charge in [-0.05, 0) is 18.1 Å². The summed E-state index contributed by atoms with van der Waals surface area (Å²) in [5.74, 6) is -0.156. The summed E-state index contributed by atoms with van der Waals surface area (Å²) in [6.45, 7) is -0.0889. The van der Waals surface area contributed by atoms with E-state index in [1.54, 1.807) is 0 Å². The molecule has 0 aliphatic carbocycles. The first kappa shape index (κ1) is 15.4. The minimum atomic E-state index is -3.78. The Morgan fingerprint density at radius 2 is 2.00 bits per heavy atom. The van der Waals surface area contributed by atoms with Crippen LogP contribution in [-0.2, 0) is 26.5 Å². The molecule has 20 heavy (non-hydrogen) atoms. The van der Waals surface area contributed by atoms with E-state index in [-0.39, 0.29) is 42.6 Å². The highest BCUT2D eigenvalue weighted by Gasteiger charge is 2.29. The van der Waals surface area contributed by atoms with E-state index in [1.165, 1.54) is 18.3 Å². The first-order valence-electron chi connectivity index (χ1n) is 6.11. The van der Waals surface area contributed by atoms with Gasteiger partial charge in [0, 0.05) is 19.3 Å². The molecular weight excluding hydrogens is 304 g/mol. The first-order chi connectivity index (χ1) is 9.35. The predicted molar refractivity (Wildman–Crippen MR) is 72.2 cm³/mol. The van der Waals surface area contributed by atoms with Gasteiger partial charge in [-0.3, -0.25) is 0 Å². The molecule has 1 N–H and O–H groups in total. The molecule has 2 heterocycles. The Bertz CT molecular complexity index is 667. The van der Waals surface area contributed by atoms with E-state index >= 15 is 0 Å². The van der Waals surface area contributed by atoms with Crippen LogP contribution >= 0.6 is 0 Å². The second-order valence-electron chi connectivity index (χ2n) is 4.57. The zero-order valence-corrected chi connectivity index (χ0v) is 12.4. The Labute approximate surface area is 118 Å². The van der Waals surface area contributed by atoms with Crippen LogP contribution < -0.4 is 0 Å². The van der Waals surface area contributed by atoms with Crippen LogP contribution in [0.5, 0.6) is 0 Å². The molecule has 1 saturated heterocycles. The molecule has 0 unspecified atom stereocenters. The van der Waals surface area contributed by atoms with Crippen LogP contribution in [0.25, 0.3) is 0 Å². The normalized spacial score (nSPS) is 20.4. The Morgan fingerprint density at radius 1 is 1.25 bits per heavy atom. The zero-order valence-electron chi connectivity index (χ0n) is 10.8. The molecule has 0 saturated carbocycles. The van der Waals surface area contributed by atoms with Crippen molar-refractivity contribution in [3.63, 3.8) is 0 Å². The fraction of sp³-hybridized carbons (Fsp3) is 0.545. The van der Waals surface area contributed by atoms with Gasteiger partial charge < -0.3 is 5.11 Å². The fourth-order valence-corrected chi connectivity index (χ4v) is 4.72. The topological polar surface area (TPSA) is 105 Å². The number of pyridine rings is 1. The lowest BCUT2D eigenvalue weighted by Gasteiger charge is -2.18. The van der Waals surface area contributed by atoms with Gasteiger partial charge in [0.2, 0.25) is 0 Å². The van der Waals surface area contributed by atoms with Gasteiger partial charge in [0.25, 0.3) is 10.0 Å². The molecule has 1 aliphatic rings. The van der Waals surface area contributed by atoms with E-state index in [9.17, 15) is 16.8 Å². The van der Waals surface area contributed by atoms with Gasteiger partial charge in [-0.25, -0.2) is 21.8 Å². The monoisotopic (exact) mass is 320 g/mol. The van der Waals surface area contributed by atoms with Crippen LogP contribution in [0.4, 0.5) is 0 Å². The van der Waals surface area contributed by atoms with E-state index < -0.39 is 19.9 Å². The number of aliphatic hydroxyl groups excluding tert-OH is 1. The lowest BCUT2D eigenvalue weighted by Crippen LogP contribution is -2.34. The molecule has 0 atom stereocenters. The highest BCUT2D eigenvalue weighted by atomic mass is 32.2. The van der Waals surface area contributed by atoms with Crippen molar-refractivity contribution < 1.29 is 21.9 Å². The largest absolute Gasteiger partial charge is 0.392 e. The zero-order chi connectivity index (χ0) is 14.8. The summed E-state index contributed by atoms with van der Waals surface area (Å²) in [5, 5.41) is 8.78. The Balaban J connectivity index is 2.25. The lowest BCUT2D eigenvalue weighted by atomic mass is 10.3. The number of rotatable bonds is 3. The third-order valence-electron chi connectivity index (χ3n) is 3.10. The van der Waals surface area contributed by atoms with Crippen molar-refractivity contribution in [2.45, 2.75) is 18.1 Å². The van der Waals surface area contributed by atoms with Crippen LogP contribution in [0, 0.1) is 0 Å². The number of nitrogens with zero attached hydrogens (tertiary/aromatic N) is 2. The molecule has 0 bridgehead atoms. The van der Waals surface area contributed by atoms with E-state index in [4.69, 9.17) is 5.11 Å². The predicted octanol–water partition coefficient (Wildman–Crippen LogP) is -0.617. The molecule has 112 valence electrons.